The average molecular weight is 472 g/mol. The molecule has 1 saturated carbocycles. The zero-order valence-corrected chi connectivity index (χ0v) is 20.1. The van der Waals surface area contributed by atoms with Crippen LogP contribution in [0.3, 0.4) is 0 Å². The van der Waals surface area contributed by atoms with Crippen LogP contribution < -0.4 is 15.8 Å². The normalized spacial score (nSPS) is 19.1. The van der Waals surface area contributed by atoms with Gasteiger partial charge in [0.1, 0.15) is 5.69 Å². The third kappa shape index (κ3) is 5.34. The molecule has 0 bridgehead atoms. The van der Waals surface area contributed by atoms with Crippen LogP contribution in [0.5, 0.6) is 0 Å². The molecule has 0 saturated heterocycles. The lowest BCUT2D eigenvalue weighted by Gasteiger charge is -2.25. The average Bonchev–Trinajstić information content (AvgIpc) is 3.18. The molecule has 2 aromatic heterocycles. The molecule has 9 nitrogen and oxygen atoms in total. The van der Waals surface area contributed by atoms with Crippen LogP contribution in [0, 0.1) is 5.92 Å². The minimum absolute atomic E-state index is 0.217. The highest BCUT2D eigenvalue weighted by molar-refractivity contribution is 7.89. The van der Waals surface area contributed by atoms with Crippen LogP contribution in [-0.4, -0.2) is 47.8 Å². The Bertz CT molecular complexity index is 1180. The first-order chi connectivity index (χ1) is 15.9. The molecule has 33 heavy (non-hydrogen) atoms. The summed E-state index contributed by atoms with van der Waals surface area (Å²) in [4.78, 5) is 9.52. The van der Waals surface area contributed by atoms with Crippen LogP contribution in [0.2, 0.25) is 0 Å². The summed E-state index contributed by atoms with van der Waals surface area (Å²) in [6.07, 6.45) is 8.21. The number of hydrogen-bond donors (Lipinski definition) is 3. The van der Waals surface area contributed by atoms with Crippen molar-refractivity contribution in [3.8, 4) is 11.3 Å². The van der Waals surface area contributed by atoms with Gasteiger partial charge in [0.25, 0.3) is 0 Å². The van der Waals surface area contributed by atoms with Gasteiger partial charge in [-0.2, -0.15) is 10.1 Å². The van der Waals surface area contributed by atoms with E-state index in [1.165, 1.54) is 7.05 Å². The van der Waals surface area contributed by atoms with Crippen molar-refractivity contribution < 1.29 is 8.42 Å². The molecule has 4 rings (SSSR count). The van der Waals surface area contributed by atoms with Crippen LogP contribution in [-0.2, 0) is 16.6 Å². The highest BCUT2D eigenvalue weighted by Crippen LogP contribution is 2.31. The molecule has 1 aromatic carbocycles. The maximum atomic E-state index is 12.1. The van der Waals surface area contributed by atoms with Gasteiger partial charge in [-0.05, 0) is 57.2 Å². The largest absolute Gasteiger partial charge is 0.354 e. The summed E-state index contributed by atoms with van der Waals surface area (Å²) in [5.41, 5.74) is 8.47. The van der Waals surface area contributed by atoms with Gasteiger partial charge in [-0.15, -0.1) is 0 Å². The molecule has 1 aliphatic carbocycles. The minimum atomic E-state index is -3.49. The van der Waals surface area contributed by atoms with E-state index in [2.05, 4.69) is 21.9 Å². The number of aromatic nitrogens is 4. The summed E-state index contributed by atoms with van der Waals surface area (Å²) in [7, 11) is -2.09. The number of rotatable bonds is 9. The van der Waals surface area contributed by atoms with Crippen LogP contribution in [0.1, 0.15) is 45.4 Å². The first-order valence-electron chi connectivity index (χ1n) is 11.7. The van der Waals surface area contributed by atoms with Gasteiger partial charge in [0.2, 0.25) is 16.0 Å². The Morgan fingerprint density at radius 2 is 1.88 bits per heavy atom. The molecule has 0 radical (unpaired) electrons. The molecule has 178 valence electrons. The number of unbranched alkanes of at least 4 members (excludes halogenated alkanes) is 1. The SMILES string of the molecule is CCCCNc1ncc2c(-c3ccc(S(=O)(=O)NC)cc3)nn(CC3CCC(N)CC3)c2n1. The fraction of sp³-hybridized carbons (Fsp3) is 0.522. The first kappa shape index (κ1) is 23.6. The van der Waals surface area contributed by atoms with E-state index in [9.17, 15) is 8.42 Å². The zero-order valence-electron chi connectivity index (χ0n) is 19.3. The monoisotopic (exact) mass is 471 g/mol. The number of fused-ring (bicyclic) bond motifs is 1. The fourth-order valence-corrected chi connectivity index (χ4v) is 5.02. The number of anilines is 1. The Hall–Kier alpha value is -2.56. The number of hydrogen-bond acceptors (Lipinski definition) is 7. The third-order valence-corrected chi connectivity index (χ3v) is 7.76. The highest BCUT2D eigenvalue weighted by atomic mass is 32.2. The molecular weight excluding hydrogens is 438 g/mol. The summed E-state index contributed by atoms with van der Waals surface area (Å²) < 4.78 is 28.5. The van der Waals surface area contributed by atoms with Gasteiger partial charge in [0, 0.05) is 30.9 Å². The number of nitrogens with two attached hydrogens (primary N) is 1. The smallest absolute Gasteiger partial charge is 0.240 e. The number of sulfonamides is 1. The Balaban J connectivity index is 1.70. The van der Waals surface area contributed by atoms with Crippen molar-refractivity contribution in [1.29, 1.82) is 0 Å². The van der Waals surface area contributed by atoms with E-state index >= 15 is 0 Å². The van der Waals surface area contributed by atoms with Gasteiger partial charge in [0.05, 0.1) is 10.3 Å². The molecule has 1 fully saturated rings. The first-order valence-corrected chi connectivity index (χ1v) is 13.2. The Labute approximate surface area is 195 Å². The van der Waals surface area contributed by atoms with E-state index in [1.807, 2.05) is 10.9 Å². The van der Waals surface area contributed by atoms with Crippen molar-refractivity contribution in [2.45, 2.75) is 62.9 Å². The summed E-state index contributed by atoms with van der Waals surface area (Å²) in [5.74, 6) is 1.11. The molecule has 0 spiro atoms. The lowest BCUT2D eigenvalue weighted by atomic mass is 9.86. The predicted octanol–water partition coefficient (Wildman–Crippen LogP) is 3.13. The maximum Gasteiger partial charge on any atom is 0.240 e. The number of nitrogens with one attached hydrogen (secondary N) is 2. The van der Waals surface area contributed by atoms with Crippen molar-refractivity contribution in [3.05, 3.63) is 30.5 Å². The van der Waals surface area contributed by atoms with Crippen molar-refractivity contribution >= 4 is 27.0 Å². The van der Waals surface area contributed by atoms with Crippen molar-refractivity contribution in [3.63, 3.8) is 0 Å². The second-order valence-electron chi connectivity index (χ2n) is 8.75. The van der Waals surface area contributed by atoms with Crippen LogP contribution in [0.4, 0.5) is 5.95 Å². The number of benzene rings is 1. The summed E-state index contributed by atoms with van der Waals surface area (Å²) >= 11 is 0. The third-order valence-electron chi connectivity index (χ3n) is 6.33. The van der Waals surface area contributed by atoms with E-state index in [0.29, 0.717) is 17.9 Å². The van der Waals surface area contributed by atoms with Crippen molar-refractivity contribution in [2.24, 2.45) is 11.7 Å². The van der Waals surface area contributed by atoms with Gasteiger partial charge in [0.15, 0.2) is 5.65 Å². The molecule has 0 unspecified atom stereocenters. The second kappa shape index (κ2) is 10.1. The standard InChI is InChI=1S/C23H33N7O2S/c1-3-4-13-26-23-27-14-20-21(17-7-11-19(12-8-17)33(31,32)25-2)29-30(22(20)28-23)15-16-5-9-18(24)10-6-16/h7-8,11-12,14,16,18,25H,3-6,9-10,13,15,24H2,1-2H3,(H,26,27,28). The van der Waals surface area contributed by atoms with E-state index in [1.54, 1.807) is 24.3 Å². The zero-order chi connectivity index (χ0) is 23.4. The summed E-state index contributed by atoms with van der Waals surface area (Å²) in [6, 6.07) is 7.05. The lowest BCUT2D eigenvalue weighted by Crippen LogP contribution is -2.28. The summed E-state index contributed by atoms with van der Waals surface area (Å²) in [6.45, 7) is 3.75. The molecular formula is C23H33N7O2S. The Morgan fingerprint density at radius 3 is 2.55 bits per heavy atom. The number of nitrogens with zero attached hydrogens (tertiary/aromatic N) is 4. The molecule has 0 atom stereocenters. The molecule has 1 aliphatic rings. The molecule has 10 heteroatoms. The van der Waals surface area contributed by atoms with Crippen LogP contribution >= 0.6 is 0 Å². The topological polar surface area (TPSA) is 128 Å². The molecule has 0 amide bonds. The van der Waals surface area contributed by atoms with E-state index < -0.39 is 10.0 Å². The van der Waals surface area contributed by atoms with E-state index in [0.717, 1.165) is 73.9 Å². The van der Waals surface area contributed by atoms with Crippen molar-refractivity contribution in [2.75, 3.05) is 18.9 Å². The summed E-state index contributed by atoms with van der Waals surface area (Å²) in [5, 5.41) is 9.07. The molecule has 2 heterocycles. The van der Waals surface area contributed by atoms with Crippen LogP contribution in [0.15, 0.2) is 35.4 Å². The molecule has 4 N–H and O–H groups in total. The predicted molar refractivity (Wildman–Crippen MR) is 130 cm³/mol. The van der Waals surface area contributed by atoms with Gasteiger partial charge in [-0.3, -0.25) is 0 Å². The fourth-order valence-electron chi connectivity index (χ4n) is 4.29. The minimum Gasteiger partial charge on any atom is -0.354 e. The van der Waals surface area contributed by atoms with Gasteiger partial charge < -0.3 is 11.1 Å². The lowest BCUT2D eigenvalue weighted by molar-refractivity contribution is 0.288. The van der Waals surface area contributed by atoms with Crippen molar-refractivity contribution in [1.82, 2.24) is 24.5 Å². The Morgan fingerprint density at radius 1 is 1.15 bits per heavy atom. The second-order valence-corrected chi connectivity index (χ2v) is 10.6. The quantitative estimate of drug-likeness (QED) is 0.409. The molecule has 3 aromatic rings. The van der Waals surface area contributed by atoms with Gasteiger partial charge in [-0.1, -0.05) is 25.5 Å². The van der Waals surface area contributed by atoms with Gasteiger partial charge in [-0.25, -0.2) is 22.8 Å². The van der Waals surface area contributed by atoms with Crippen LogP contribution in [0.25, 0.3) is 22.3 Å². The maximum absolute atomic E-state index is 12.1. The Kier molecular flexibility index (Phi) is 7.26. The highest BCUT2D eigenvalue weighted by Gasteiger charge is 2.22. The van der Waals surface area contributed by atoms with E-state index in [4.69, 9.17) is 15.8 Å². The van der Waals surface area contributed by atoms with E-state index in [-0.39, 0.29) is 4.90 Å². The molecule has 0 aliphatic heterocycles. The van der Waals surface area contributed by atoms with Gasteiger partial charge >= 0.3 is 0 Å².